The molecule has 0 amide bonds. The molecule has 4 atom stereocenters. The van der Waals surface area contributed by atoms with Crippen molar-refractivity contribution in [3.8, 4) is 0 Å². The van der Waals surface area contributed by atoms with Gasteiger partial charge < -0.3 is 19.7 Å². The SMILES string of the molecule is CC(=O)OC1O[C@H](CCl)[C@@H](O)[C@H]1O. The van der Waals surface area contributed by atoms with Crippen LogP contribution in [0.25, 0.3) is 0 Å². The number of aliphatic hydroxyl groups is 2. The van der Waals surface area contributed by atoms with E-state index >= 15 is 0 Å². The predicted octanol–water partition coefficient (Wildman–Crippen LogP) is -0.765. The van der Waals surface area contributed by atoms with Crippen LogP contribution >= 0.6 is 11.6 Å². The molecule has 0 aliphatic carbocycles. The van der Waals surface area contributed by atoms with Gasteiger partial charge in [0.05, 0.1) is 5.88 Å². The molecule has 1 aliphatic rings. The molecule has 0 saturated carbocycles. The molecule has 5 nitrogen and oxygen atoms in total. The lowest BCUT2D eigenvalue weighted by Crippen LogP contribution is -2.34. The highest BCUT2D eigenvalue weighted by atomic mass is 35.5. The topological polar surface area (TPSA) is 76.0 Å². The molecule has 0 aromatic carbocycles. The first-order chi connectivity index (χ1) is 6.06. The van der Waals surface area contributed by atoms with E-state index in [1.54, 1.807) is 0 Å². The zero-order valence-electron chi connectivity index (χ0n) is 7.01. The van der Waals surface area contributed by atoms with Gasteiger partial charge in [-0.2, -0.15) is 0 Å². The number of carbonyl (C=O) groups excluding carboxylic acids is 1. The van der Waals surface area contributed by atoms with Crippen LogP contribution in [0, 0.1) is 0 Å². The van der Waals surface area contributed by atoms with Crippen LogP contribution in [0.3, 0.4) is 0 Å². The van der Waals surface area contributed by atoms with Crippen LogP contribution < -0.4 is 0 Å². The summed E-state index contributed by atoms with van der Waals surface area (Å²) in [5, 5.41) is 18.6. The fourth-order valence-electron chi connectivity index (χ4n) is 1.10. The molecular weight excluding hydrogens is 200 g/mol. The molecule has 1 fully saturated rings. The number of ether oxygens (including phenoxy) is 2. The smallest absolute Gasteiger partial charge is 0.305 e. The minimum Gasteiger partial charge on any atom is -0.433 e. The highest BCUT2D eigenvalue weighted by molar-refractivity contribution is 6.18. The van der Waals surface area contributed by atoms with E-state index in [-0.39, 0.29) is 5.88 Å². The maximum absolute atomic E-state index is 10.5. The van der Waals surface area contributed by atoms with Gasteiger partial charge >= 0.3 is 5.97 Å². The number of halogens is 1. The third-order valence-corrected chi connectivity index (χ3v) is 2.06. The average molecular weight is 211 g/mol. The van der Waals surface area contributed by atoms with E-state index in [0.29, 0.717) is 0 Å². The van der Waals surface area contributed by atoms with Crippen molar-refractivity contribution in [3.05, 3.63) is 0 Å². The van der Waals surface area contributed by atoms with Crippen LogP contribution in [0.2, 0.25) is 0 Å². The maximum Gasteiger partial charge on any atom is 0.305 e. The van der Waals surface area contributed by atoms with Gasteiger partial charge in [-0.1, -0.05) is 0 Å². The molecule has 6 heteroatoms. The Hall–Kier alpha value is -0.360. The molecule has 0 radical (unpaired) electrons. The molecule has 2 N–H and O–H groups in total. The van der Waals surface area contributed by atoms with E-state index in [4.69, 9.17) is 16.3 Å². The van der Waals surface area contributed by atoms with Crippen LogP contribution in [0.15, 0.2) is 0 Å². The zero-order valence-corrected chi connectivity index (χ0v) is 7.77. The van der Waals surface area contributed by atoms with Crippen LogP contribution in [-0.2, 0) is 14.3 Å². The van der Waals surface area contributed by atoms with Crippen molar-refractivity contribution in [2.45, 2.75) is 31.5 Å². The summed E-state index contributed by atoms with van der Waals surface area (Å²) in [6.07, 6.45) is -4.15. The molecular formula is C7H11ClO5. The van der Waals surface area contributed by atoms with E-state index in [9.17, 15) is 15.0 Å². The van der Waals surface area contributed by atoms with E-state index in [1.807, 2.05) is 0 Å². The lowest BCUT2D eigenvalue weighted by atomic mass is 10.2. The van der Waals surface area contributed by atoms with Gasteiger partial charge in [0.2, 0.25) is 6.29 Å². The molecule has 1 unspecified atom stereocenters. The summed E-state index contributed by atoms with van der Waals surface area (Å²) >= 11 is 5.43. The number of esters is 1. The van der Waals surface area contributed by atoms with Gasteiger partial charge in [-0.3, -0.25) is 4.79 Å². The standard InChI is InChI=1S/C7H11ClO5/c1-3(9)12-7-6(11)5(10)4(2-8)13-7/h4-7,10-11H,2H2,1H3/t4-,5-,6-,7?/m1/s1. The van der Waals surface area contributed by atoms with Crippen LogP contribution in [0.1, 0.15) is 6.92 Å². The fourth-order valence-corrected chi connectivity index (χ4v) is 1.36. The minimum atomic E-state index is -1.23. The molecule has 1 heterocycles. The number of hydrogen-bond donors (Lipinski definition) is 2. The summed E-state index contributed by atoms with van der Waals surface area (Å²) < 4.78 is 9.57. The van der Waals surface area contributed by atoms with E-state index in [0.717, 1.165) is 0 Å². The summed E-state index contributed by atoms with van der Waals surface area (Å²) in [5.74, 6) is -0.540. The number of aliphatic hydroxyl groups excluding tert-OH is 2. The van der Waals surface area contributed by atoms with E-state index < -0.39 is 30.6 Å². The van der Waals surface area contributed by atoms with E-state index in [2.05, 4.69) is 4.74 Å². The monoisotopic (exact) mass is 210 g/mol. The molecule has 1 aliphatic heterocycles. The second-order valence-corrected chi connectivity index (χ2v) is 3.10. The Balaban J connectivity index is 2.55. The number of carbonyl (C=O) groups is 1. The summed E-state index contributed by atoms with van der Waals surface area (Å²) in [6, 6.07) is 0. The maximum atomic E-state index is 10.5. The third-order valence-electron chi connectivity index (χ3n) is 1.75. The molecule has 1 saturated heterocycles. The van der Waals surface area contributed by atoms with Gasteiger partial charge in [-0.25, -0.2) is 0 Å². The van der Waals surface area contributed by atoms with Gasteiger partial charge in [-0.05, 0) is 0 Å². The Morgan fingerprint density at radius 2 is 2.15 bits per heavy atom. The number of alkyl halides is 1. The van der Waals surface area contributed by atoms with Crippen LogP contribution in [0.5, 0.6) is 0 Å². The Bertz CT molecular complexity index is 197. The van der Waals surface area contributed by atoms with Gasteiger partial charge in [-0.15, -0.1) is 11.6 Å². The van der Waals surface area contributed by atoms with Crippen molar-refractivity contribution >= 4 is 17.6 Å². The molecule has 0 aromatic rings. The Labute approximate surface area is 80.2 Å². The minimum absolute atomic E-state index is 0.0377. The number of hydrogen-bond acceptors (Lipinski definition) is 5. The fraction of sp³-hybridized carbons (Fsp3) is 0.857. The number of rotatable bonds is 2. The molecule has 1 rings (SSSR count). The van der Waals surface area contributed by atoms with Gasteiger partial charge in [0.25, 0.3) is 0 Å². The summed E-state index contributed by atoms with van der Waals surface area (Å²) in [6.45, 7) is 1.19. The summed E-state index contributed by atoms with van der Waals surface area (Å²) in [4.78, 5) is 10.5. The van der Waals surface area contributed by atoms with Crippen molar-refractivity contribution in [3.63, 3.8) is 0 Å². The van der Waals surface area contributed by atoms with Crippen molar-refractivity contribution < 1.29 is 24.5 Å². The second kappa shape index (κ2) is 4.23. The molecule has 13 heavy (non-hydrogen) atoms. The van der Waals surface area contributed by atoms with Crippen molar-refractivity contribution in [1.29, 1.82) is 0 Å². The first-order valence-corrected chi connectivity index (χ1v) is 4.34. The largest absolute Gasteiger partial charge is 0.433 e. The molecule has 0 aromatic heterocycles. The molecule has 0 bridgehead atoms. The highest BCUT2D eigenvalue weighted by Gasteiger charge is 2.44. The van der Waals surface area contributed by atoms with Crippen molar-refractivity contribution in [2.24, 2.45) is 0 Å². The lowest BCUT2D eigenvalue weighted by molar-refractivity contribution is -0.184. The second-order valence-electron chi connectivity index (χ2n) is 2.79. The van der Waals surface area contributed by atoms with Crippen LogP contribution in [0.4, 0.5) is 0 Å². The first-order valence-electron chi connectivity index (χ1n) is 3.81. The normalized spacial score (nSPS) is 39.1. The van der Waals surface area contributed by atoms with Gasteiger partial charge in [0, 0.05) is 6.92 Å². The van der Waals surface area contributed by atoms with E-state index in [1.165, 1.54) is 6.92 Å². The summed E-state index contributed by atoms with van der Waals surface area (Å²) in [7, 11) is 0. The first kappa shape index (κ1) is 10.7. The average Bonchev–Trinajstić information content (AvgIpc) is 2.32. The van der Waals surface area contributed by atoms with Gasteiger partial charge in [0.15, 0.2) is 0 Å². The lowest BCUT2D eigenvalue weighted by Gasteiger charge is -2.13. The van der Waals surface area contributed by atoms with Crippen molar-refractivity contribution in [1.82, 2.24) is 0 Å². The Kier molecular flexibility index (Phi) is 3.49. The highest BCUT2D eigenvalue weighted by Crippen LogP contribution is 2.22. The van der Waals surface area contributed by atoms with Crippen LogP contribution in [-0.4, -0.2) is 46.7 Å². The Morgan fingerprint density at radius 3 is 2.54 bits per heavy atom. The molecule has 0 spiro atoms. The molecule has 76 valence electrons. The Morgan fingerprint density at radius 1 is 1.54 bits per heavy atom. The predicted molar refractivity (Wildman–Crippen MR) is 43.2 cm³/mol. The zero-order chi connectivity index (χ0) is 10.0. The summed E-state index contributed by atoms with van der Waals surface area (Å²) in [5.41, 5.74) is 0. The van der Waals surface area contributed by atoms with Crippen molar-refractivity contribution in [2.75, 3.05) is 5.88 Å². The third kappa shape index (κ3) is 2.31. The quantitative estimate of drug-likeness (QED) is 0.463. The van der Waals surface area contributed by atoms with Gasteiger partial charge in [0.1, 0.15) is 18.3 Å².